The summed E-state index contributed by atoms with van der Waals surface area (Å²) in [5, 5.41) is 0. The zero-order chi connectivity index (χ0) is 2.00. The van der Waals surface area contributed by atoms with E-state index in [1.807, 2.05) is 0 Å². The predicted octanol–water partition coefficient (Wildman–Crippen LogP) is -0.273. The van der Waals surface area contributed by atoms with Gasteiger partial charge in [-0.3, -0.25) is 0 Å². The molecule has 0 spiro atoms. The van der Waals surface area contributed by atoms with Crippen LogP contribution in [0.4, 0.5) is 0 Å². The molecule has 0 aliphatic rings. The Labute approximate surface area is 75.3 Å². The third-order valence-electron chi connectivity index (χ3n) is 0. The molecular formula is H2Cd2SSe. The van der Waals surface area contributed by atoms with Crippen LogP contribution in [0.2, 0.25) is 0 Å². The van der Waals surface area contributed by atoms with Crippen molar-refractivity contribution in [2.45, 2.75) is 0 Å². The van der Waals surface area contributed by atoms with Crippen molar-refractivity contribution in [3.05, 3.63) is 0 Å². The van der Waals surface area contributed by atoms with Gasteiger partial charge in [-0.25, -0.2) is 0 Å². The van der Waals surface area contributed by atoms with Gasteiger partial charge in [0, 0.05) is 27.3 Å². The standard InChI is InChI=1S/2Cd.S.H2Se/h;;;1H2. The van der Waals surface area contributed by atoms with Crippen molar-refractivity contribution in [3.8, 4) is 0 Å². The van der Waals surface area contributed by atoms with Crippen molar-refractivity contribution >= 4 is 25.7 Å². The molecule has 0 fully saturated rings. The molecule has 18 valence electrons. The molecule has 0 saturated carbocycles. The SMILES string of the molecule is [Cd].[S]=[Cd].[SeH2]. The molecule has 0 rings (SSSR count). The minimum absolute atomic E-state index is 0. The summed E-state index contributed by atoms with van der Waals surface area (Å²) in [4.78, 5) is 0. The Morgan fingerprint density at radius 3 is 1.25 bits per heavy atom. The Kier molecular flexibility index (Phi) is 70.2. The fraction of sp³-hybridized carbons (Fsp3) is 0. The van der Waals surface area contributed by atoms with Crippen LogP contribution in [-0.2, 0) is 51.0 Å². The van der Waals surface area contributed by atoms with Crippen molar-refractivity contribution in [1.29, 1.82) is 0 Å². The molecule has 0 saturated heterocycles. The predicted molar refractivity (Wildman–Crippen MR) is 16.1 cm³/mol. The van der Waals surface area contributed by atoms with E-state index in [0.717, 1.165) is 23.7 Å². The van der Waals surface area contributed by atoms with Gasteiger partial charge in [-0.2, -0.15) is 0 Å². The summed E-state index contributed by atoms with van der Waals surface area (Å²) in [5.74, 6) is 0. The number of hydrogen-bond acceptors (Lipinski definition) is 1. The normalized spacial score (nSPS) is 1.50. The van der Waals surface area contributed by atoms with Crippen molar-refractivity contribution < 1.29 is 51.0 Å². The Balaban J connectivity index is -0.00000000500. The average Bonchev–Trinajstić information content (AvgIpc) is 1.00. The van der Waals surface area contributed by atoms with Crippen molar-refractivity contribution in [2.24, 2.45) is 0 Å². The summed E-state index contributed by atoms with van der Waals surface area (Å²) in [6.07, 6.45) is 0. The van der Waals surface area contributed by atoms with Gasteiger partial charge < -0.3 is 0 Å². The monoisotopic (exact) mass is 342 g/mol. The first kappa shape index (κ1) is 16.0. The van der Waals surface area contributed by atoms with E-state index in [1.165, 1.54) is 0 Å². The maximum atomic E-state index is 4.25. The first-order valence-electron chi connectivity index (χ1n) is 0.289. The summed E-state index contributed by atoms with van der Waals surface area (Å²) < 4.78 is 0. The van der Waals surface area contributed by atoms with Crippen molar-refractivity contribution in [3.63, 3.8) is 0 Å². The Hall–Kier alpha value is 2.58. The van der Waals surface area contributed by atoms with Crippen LogP contribution in [0.3, 0.4) is 0 Å². The second-order valence-corrected chi connectivity index (χ2v) is 0. The Morgan fingerprint density at radius 2 is 1.25 bits per heavy atom. The second-order valence-electron chi connectivity index (χ2n) is 0. The van der Waals surface area contributed by atoms with Crippen LogP contribution in [0.1, 0.15) is 0 Å². The van der Waals surface area contributed by atoms with Crippen molar-refractivity contribution in [1.82, 2.24) is 0 Å². The molecule has 0 aromatic heterocycles. The molecule has 0 atom stereocenters. The van der Waals surface area contributed by atoms with Crippen LogP contribution < -0.4 is 0 Å². The molecule has 0 N–H and O–H groups in total. The van der Waals surface area contributed by atoms with Crippen LogP contribution >= 0.6 is 8.65 Å². The summed E-state index contributed by atoms with van der Waals surface area (Å²) >= 11 is 0.733. The molecule has 4 heavy (non-hydrogen) atoms. The van der Waals surface area contributed by atoms with E-state index in [0.29, 0.717) is 0 Å². The van der Waals surface area contributed by atoms with E-state index in [1.54, 1.807) is 0 Å². The van der Waals surface area contributed by atoms with Gasteiger partial charge in [-0.05, 0) is 0 Å². The van der Waals surface area contributed by atoms with E-state index < -0.39 is 0 Å². The van der Waals surface area contributed by atoms with E-state index in [4.69, 9.17) is 0 Å². The summed E-state index contributed by atoms with van der Waals surface area (Å²) in [6, 6.07) is 0. The number of hydrogen-bond donors (Lipinski definition) is 0. The maximum absolute atomic E-state index is 4.25. The molecule has 0 radical (unpaired) electrons. The van der Waals surface area contributed by atoms with E-state index in [2.05, 4.69) is 8.65 Å². The van der Waals surface area contributed by atoms with Gasteiger partial charge in [-0.1, -0.05) is 0 Å². The average molecular weight is 338 g/mol. The van der Waals surface area contributed by atoms with Gasteiger partial charge in [0.15, 0.2) is 0 Å². The van der Waals surface area contributed by atoms with E-state index in [9.17, 15) is 0 Å². The van der Waals surface area contributed by atoms with E-state index >= 15 is 0 Å². The van der Waals surface area contributed by atoms with Crippen LogP contribution in [0.5, 0.6) is 0 Å². The molecule has 0 heterocycles. The van der Waals surface area contributed by atoms with Crippen LogP contribution in [0, 0.1) is 0 Å². The summed E-state index contributed by atoms with van der Waals surface area (Å²) in [5.41, 5.74) is 0. The second kappa shape index (κ2) is 17.6. The fourth-order valence-electron chi connectivity index (χ4n) is 0. The molecule has 0 bridgehead atoms. The molecule has 4 heteroatoms. The molecule has 0 aliphatic carbocycles. The van der Waals surface area contributed by atoms with Gasteiger partial charge >= 0.3 is 49.4 Å². The van der Waals surface area contributed by atoms with Crippen LogP contribution in [0.25, 0.3) is 0 Å². The van der Waals surface area contributed by atoms with Crippen LogP contribution in [0.15, 0.2) is 0 Å². The fourth-order valence-corrected chi connectivity index (χ4v) is 0. The Morgan fingerprint density at radius 1 is 1.25 bits per heavy atom. The van der Waals surface area contributed by atoms with Gasteiger partial charge in [-0.15, -0.1) is 0 Å². The van der Waals surface area contributed by atoms with E-state index in [-0.39, 0.29) is 44.4 Å². The molecule has 0 aliphatic heterocycles. The molecule has 0 aromatic rings. The van der Waals surface area contributed by atoms with Crippen LogP contribution in [-0.4, -0.2) is 17.1 Å². The third-order valence-corrected chi connectivity index (χ3v) is 0. The molecular weight excluding hydrogens is 336 g/mol. The Bertz CT molecular complexity index is 6.00. The first-order valence-corrected chi connectivity index (χ1v) is 5.81. The summed E-state index contributed by atoms with van der Waals surface area (Å²) in [7, 11) is 4.25. The zero-order valence-corrected chi connectivity index (χ0v) is 13.3. The van der Waals surface area contributed by atoms with Gasteiger partial charge in [0.1, 0.15) is 0 Å². The molecule has 0 aromatic carbocycles. The summed E-state index contributed by atoms with van der Waals surface area (Å²) in [6.45, 7) is 0. The zero-order valence-electron chi connectivity index (χ0n) is 2.32. The molecule has 0 unspecified atom stereocenters. The molecule has 0 nitrogen and oxygen atoms in total. The molecule has 0 amide bonds. The van der Waals surface area contributed by atoms with Gasteiger partial charge in [0.25, 0.3) is 0 Å². The van der Waals surface area contributed by atoms with Gasteiger partial charge in [0.05, 0.1) is 0 Å². The number of rotatable bonds is 0. The third kappa shape index (κ3) is 8.82. The van der Waals surface area contributed by atoms with Crippen molar-refractivity contribution in [2.75, 3.05) is 0 Å². The topological polar surface area (TPSA) is 0 Å². The van der Waals surface area contributed by atoms with Gasteiger partial charge in [0.2, 0.25) is 0 Å². The minimum atomic E-state index is 0. The first-order chi connectivity index (χ1) is 1.00. The quantitative estimate of drug-likeness (QED) is 0.548.